The molecule has 7 heteroatoms. The number of nitrogens with one attached hydrogen (secondary N) is 2. The zero-order valence-electron chi connectivity index (χ0n) is 11.5. The normalized spacial score (nSPS) is 18.5. The molecule has 0 spiro atoms. The number of nitrogens with zero attached hydrogens (tertiary/aromatic N) is 3. The highest BCUT2D eigenvalue weighted by atomic mass is 16.5. The van der Waals surface area contributed by atoms with E-state index in [1.165, 1.54) is 11.9 Å². The maximum atomic E-state index is 11.8. The molecule has 1 aromatic carbocycles. The molecule has 1 aromatic heterocycles. The molecule has 1 aliphatic heterocycles. The highest BCUT2D eigenvalue weighted by Gasteiger charge is 2.21. The molecule has 7 nitrogen and oxygen atoms in total. The van der Waals surface area contributed by atoms with Crippen molar-refractivity contribution >= 4 is 11.6 Å². The first-order chi connectivity index (χ1) is 10.3. The van der Waals surface area contributed by atoms with Gasteiger partial charge < -0.3 is 15.0 Å². The fourth-order valence-corrected chi connectivity index (χ4v) is 2.32. The predicted octanol–water partition coefficient (Wildman–Crippen LogP) is 0.440. The molecule has 2 heterocycles. The van der Waals surface area contributed by atoms with E-state index in [0.717, 1.165) is 13.1 Å². The van der Waals surface area contributed by atoms with Gasteiger partial charge in [-0.1, -0.05) is 18.2 Å². The first kappa shape index (κ1) is 13.6. The number of benzene rings is 1. The van der Waals surface area contributed by atoms with Crippen LogP contribution in [0.2, 0.25) is 0 Å². The van der Waals surface area contributed by atoms with Crippen LogP contribution in [0.1, 0.15) is 10.5 Å². The van der Waals surface area contributed by atoms with Crippen LogP contribution in [0.5, 0.6) is 0 Å². The zero-order valence-corrected chi connectivity index (χ0v) is 11.5. The molecular formula is C14H17N5O2. The average molecular weight is 287 g/mol. The van der Waals surface area contributed by atoms with Crippen LogP contribution in [0, 0.1) is 0 Å². The molecule has 1 atom stereocenters. The molecule has 3 rings (SSSR count). The number of H-pyrrole nitrogens is 1. The number of hydrogen-bond acceptors (Lipinski definition) is 5. The Balaban J connectivity index is 1.53. The molecule has 0 aliphatic carbocycles. The van der Waals surface area contributed by atoms with Gasteiger partial charge in [-0.25, -0.2) is 0 Å². The highest BCUT2D eigenvalue weighted by Crippen LogP contribution is 2.16. The number of amides is 1. The Hall–Kier alpha value is -2.41. The lowest BCUT2D eigenvalue weighted by Gasteiger charge is -2.34. The molecule has 0 radical (unpaired) electrons. The minimum atomic E-state index is -0.246. The number of aromatic nitrogens is 3. The van der Waals surface area contributed by atoms with Gasteiger partial charge in [-0.05, 0) is 12.1 Å². The second-order valence-electron chi connectivity index (χ2n) is 4.84. The molecule has 110 valence electrons. The Labute approximate surface area is 122 Å². The minimum absolute atomic E-state index is 0.0326. The van der Waals surface area contributed by atoms with Crippen molar-refractivity contribution in [1.29, 1.82) is 0 Å². The summed E-state index contributed by atoms with van der Waals surface area (Å²) in [7, 11) is 0. The monoisotopic (exact) mass is 287 g/mol. The SMILES string of the molecule is O=C(NC[C@H]1CN(c2ccccc2)CCO1)c1cn[nH]n1. The second kappa shape index (κ2) is 6.36. The van der Waals surface area contributed by atoms with Crippen molar-refractivity contribution in [3.8, 4) is 0 Å². The van der Waals surface area contributed by atoms with Crippen LogP contribution in [-0.2, 0) is 4.74 Å². The molecule has 0 bridgehead atoms. The quantitative estimate of drug-likeness (QED) is 0.852. The number of carbonyl (C=O) groups excluding carboxylic acids is 1. The standard InChI is InChI=1S/C14H17N5O2/c20-14(13-9-16-18-17-13)15-8-12-10-19(6-7-21-12)11-4-2-1-3-5-11/h1-5,9,12H,6-8,10H2,(H,15,20)(H,16,17,18)/t12-/m0/s1. The van der Waals surface area contributed by atoms with E-state index in [-0.39, 0.29) is 17.7 Å². The third-order valence-electron chi connectivity index (χ3n) is 3.40. The highest BCUT2D eigenvalue weighted by molar-refractivity contribution is 5.91. The van der Waals surface area contributed by atoms with E-state index in [9.17, 15) is 4.79 Å². The number of hydrogen-bond donors (Lipinski definition) is 2. The lowest BCUT2D eigenvalue weighted by Crippen LogP contribution is -2.47. The van der Waals surface area contributed by atoms with Crippen LogP contribution in [-0.4, -0.2) is 53.7 Å². The summed E-state index contributed by atoms with van der Waals surface area (Å²) in [6, 6.07) is 10.2. The van der Waals surface area contributed by atoms with Gasteiger partial charge >= 0.3 is 0 Å². The summed E-state index contributed by atoms with van der Waals surface area (Å²) < 4.78 is 5.70. The fourth-order valence-electron chi connectivity index (χ4n) is 2.32. The second-order valence-corrected chi connectivity index (χ2v) is 4.84. The number of rotatable bonds is 4. The van der Waals surface area contributed by atoms with Crippen LogP contribution in [0.4, 0.5) is 5.69 Å². The van der Waals surface area contributed by atoms with E-state index < -0.39 is 0 Å². The molecule has 2 N–H and O–H groups in total. The Morgan fingerprint density at radius 2 is 2.29 bits per heavy atom. The summed E-state index contributed by atoms with van der Waals surface area (Å²) in [6.45, 7) is 2.72. The summed E-state index contributed by atoms with van der Waals surface area (Å²) in [4.78, 5) is 14.1. The van der Waals surface area contributed by atoms with Crippen molar-refractivity contribution in [2.24, 2.45) is 0 Å². The minimum Gasteiger partial charge on any atom is -0.373 e. The maximum absolute atomic E-state index is 11.8. The van der Waals surface area contributed by atoms with Gasteiger partial charge in [-0.15, -0.1) is 0 Å². The maximum Gasteiger partial charge on any atom is 0.273 e. The van der Waals surface area contributed by atoms with Gasteiger partial charge in [-0.3, -0.25) is 4.79 Å². The Morgan fingerprint density at radius 1 is 1.43 bits per heavy atom. The first-order valence-electron chi connectivity index (χ1n) is 6.88. The van der Waals surface area contributed by atoms with Crippen LogP contribution >= 0.6 is 0 Å². The van der Waals surface area contributed by atoms with Gasteiger partial charge in [0.25, 0.3) is 5.91 Å². The largest absolute Gasteiger partial charge is 0.373 e. The molecular weight excluding hydrogens is 270 g/mol. The predicted molar refractivity (Wildman–Crippen MR) is 77.1 cm³/mol. The molecule has 0 saturated carbocycles. The molecule has 1 saturated heterocycles. The number of aromatic amines is 1. The number of carbonyl (C=O) groups is 1. The smallest absolute Gasteiger partial charge is 0.273 e. The van der Waals surface area contributed by atoms with Crippen molar-refractivity contribution < 1.29 is 9.53 Å². The fraction of sp³-hybridized carbons (Fsp3) is 0.357. The Bertz CT molecular complexity index is 572. The zero-order chi connectivity index (χ0) is 14.5. The van der Waals surface area contributed by atoms with Crippen molar-refractivity contribution in [2.75, 3.05) is 31.1 Å². The van der Waals surface area contributed by atoms with E-state index in [0.29, 0.717) is 13.2 Å². The molecule has 1 fully saturated rings. The third kappa shape index (κ3) is 3.38. The summed E-state index contributed by atoms with van der Waals surface area (Å²) in [6.07, 6.45) is 1.36. The van der Waals surface area contributed by atoms with Gasteiger partial charge in [0.1, 0.15) is 0 Å². The number of para-hydroxylation sites is 1. The molecule has 21 heavy (non-hydrogen) atoms. The van der Waals surface area contributed by atoms with Gasteiger partial charge in [0, 0.05) is 25.3 Å². The number of anilines is 1. The lowest BCUT2D eigenvalue weighted by molar-refractivity contribution is 0.0396. The van der Waals surface area contributed by atoms with Gasteiger partial charge in [0.05, 0.1) is 18.9 Å². The molecule has 2 aromatic rings. The lowest BCUT2D eigenvalue weighted by atomic mass is 10.2. The van der Waals surface area contributed by atoms with Gasteiger partial charge in [0.15, 0.2) is 5.69 Å². The first-order valence-corrected chi connectivity index (χ1v) is 6.88. The van der Waals surface area contributed by atoms with E-state index in [1.54, 1.807) is 0 Å². The van der Waals surface area contributed by atoms with E-state index >= 15 is 0 Å². The van der Waals surface area contributed by atoms with Crippen molar-refractivity contribution in [1.82, 2.24) is 20.7 Å². The van der Waals surface area contributed by atoms with E-state index in [4.69, 9.17) is 4.74 Å². The van der Waals surface area contributed by atoms with Crippen LogP contribution in [0.25, 0.3) is 0 Å². The molecule has 1 amide bonds. The number of morpholine rings is 1. The van der Waals surface area contributed by atoms with Crippen molar-refractivity contribution in [2.45, 2.75) is 6.10 Å². The molecule has 1 aliphatic rings. The summed E-state index contributed by atoms with van der Waals surface area (Å²) in [5.74, 6) is -0.246. The van der Waals surface area contributed by atoms with Crippen molar-refractivity contribution in [3.63, 3.8) is 0 Å². The van der Waals surface area contributed by atoms with Crippen LogP contribution in [0.15, 0.2) is 36.5 Å². The topological polar surface area (TPSA) is 83.1 Å². The van der Waals surface area contributed by atoms with Gasteiger partial charge in [-0.2, -0.15) is 15.4 Å². The Kier molecular flexibility index (Phi) is 4.11. The summed E-state index contributed by atoms with van der Waals surface area (Å²) >= 11 is 0. The van der Waals surface area contributed by atoms with Crippen molar-refractivity contribution in [3.05, 3.63) is 42.2 Å². The van der Waals surface area contributed by atoms with Gasteiger partial charge in [0.2, 0.25) is 0 Å². The van der Waals surface area contributed by atoms with E-state index in [1.807, 2.05) is 18.2 Å². The average Bonchev–Trinajstić information content (AvgIpc) is 3.08. The third-order valence-corrected chi connectivity index (χ3v) is 3.40. The van der Waals surface area contributed by atoms with Crippen LogP contribution in [0.3, 0.4) is 0 Å². The van der Waals surface area contributed by atoms with Crippen LogP contribution < -0.4 is 10.2 Å². The Morgan fingerprint density at radius 3 is 3.05 bits per heavy atom. The number of ether oxygens (including phenoxy) is 1. The molecule has 0 unspecified atom stereocenters. The summed E-state index contributed by atoms with van der Waals surface area (Å²) in [5.41, 5.74) is 1.46. The van der Waals surface area contributed by atoms with E-state index in [2.05, 4.69) is 37.8 Å². The summed E-state index contributed by atoms with van der Waals surface area (Å²) in [5, 5.41) is 12.6.